The summed E-state index contributed by atoms with van der Waals surface area (Å²) in [6.07, 6.45) is -2.97. The Kier molecular flexibility index (Phi) is 7.93. The number of benzene rings is 2. The predicted octanol–water partition coefficient (Wildman–Crippen LogP) is 4.81. The maximum Gasteiger partial charge on any atom is 0.416 e. The summed E-state index contributed by atoms with van der Waals surface area (Å²) >= 11 is 5.95. The molecule has 2 amide bonds. The van der Waals surface area contributed by atoms with Crippen LogP contribution in [0.3, 0.4) is 0 Å². The van der Waals surface area contributed by atoms with Gasteiger partial charge in [0.2, 0.25) is 0 Å². The molecule has 1 fully saturated rings. The normalized spacial score (nSPS) is 19.1. The van der Waals surface area contributed by atoms with Gasteiger partial charge in [-0.3, -0.25) is 10.8 Å². The molecule has 4 N–H and O–H groups in total. The van der Waals surface area contributed by atoms with E-state index in [9.17, 15) is 23.1 Å². The molecule has 37 heavy (non-hydrogen) atoms. The molecule has 8 nitrogen and oxygen atoms in total. The van der Waals surface area contributed by atoms with Crippen molar-refractivity contribution in [2.24, 2.45) is 0 Å². The Morgan fingerprint density at radius 2 is 1.92 bits per heavy atom. The topological polar surface area (TPSA) is 113 Å². The lowest BCUT2D eigenvalue weighted by Gasteiger charge is -2.34. The van der Waals surface area contributed by atoms with Crippen LogP contribution in [0.5, 0.6) is 5.75 Å². The van der Waals surface area contributed by atoms with Gasteiger partial charge < -0.3 is 25.0 Å². The first-order chi connectivity index (χ1) is 17.6. The second kappa shape index (κ2) is 11.0. The molecule has 0 aliphatic carbocycles. The number of aliphatic hydroxyl groups is 1. The standard InChI is InChI=1S/C25H27ClF3N5O3/c26-17-6-3-15(4-7-17)13-34(22(30)14-35)23(31)20-2-1-10-33(20)24(36)32-19-9-11-37-21-12-16(25(27,28)29)5-8-18(19)21/h3-8,12,19-20,30-31,35H,1-2,9-11,13-14H2,(H,32,36)/t19?,20-/m1/s1. The lowest BCUT2D eigenvalue weighted by Crippen LogP contribution is -2.52. The second-order valence-electron chi connectivity index (χ2n) is 8.94. The fourth-order valence-electron chi connectivity index (χ4n) is 4.61. The Labute approximate surface area is 217 Å². The highest BCUT2D eigenvalue weighted by Gasteiger charge is 2.37. The van der Waals surface area contributed by atoms with Crippen LogP contribution in [0.4, 0.5) is 18.0 Å². The smallest absolute Gasteiger partial charge is 0.416 e. The number of carbonyl (C=O) groups excluding carboxylic acids is 1. The zero-order chi connectivity index (χ0) is 26.7. The number of fused-ring (bicyclic) bond motifs is 1. The van der Waals surface area contributed by atoms with Crippen molar-refractivity contribution in [3.8, 4) is 5.75 Å². The van der Waals surface area contributed by atoms with Gasteiger partial charge in [0.25, 0.3) is 0 Å². The number of amidine groups is 2. The van der Waals surface area contributed by atoms with E-state index >= 15 is 0 Å². The number of likely N-dealkylation sites (tertiary alicyclic amines) is 1. The van der Waals surface area contributed by atoms with Crippen LogP contribution in [0.15, 0.2) is 42.5 Å². The van der Waals surface area contributed by atoms with E-state index in [2.05, 4.69) is 5.32 Å². The number of aliphatic hydroxyl groups excluding tert-OH is 1. The van der Waals surface area contributed by atoms with E-state index in [1.807, 2.05) is 0 Å². The van der Waals surface area contributed by atoms with Gasteiger partial charge in [0.1, 0.15) is 24.0 Å². The zero-order valence-corrected chi connectivity index (χ0v) is 20.6. The third-order valence-corrected chi connectivity index (χ3v) is 6.78. The minimum absolute atomic E-state index is 0.00356. The van der Waals surface area contributed by atoms with Crippen LogP contribution in [0.25, 0.3) is 0 Å². The van der Waals surface area contributed by atoms with Crippen molar-refractivity contribution >= 4 is 29.3 Å². The number of hydrogen-bond donors (Lipinski definition) is 4. The molecule has 2 heterocycles. The van der Waals surface area contributed by atoms with Crippen LogP contribution >= 0.6 is 11.6 Å². The Morgan fingerprint density at radius 3 is 2.59 bits per heavy atom. The Morgan fingerprint density at radius 1 is 1.19 bits per heavy atom. The van der Waals surface area contributed by atoms with E-state index in [0.717, 1.165) is 17.7 Å². The molecule has 2 aliphatic rings. The van der Waals surface area contributed by atoms with Crippen molar-refractivity contribution in [2.75, 3.05) is 19.8 Å². The minimum atomic E-state index is -4.50. The molecule has 1 saturated heterocycles. The summed E-state index contributed by atoms with van der Waals surface area (Å²) in [6, 6.07) is 8.52. The summed E-state index contributed by atoms with van der Waals surface area (Å²) in [5.41, 5.74) is 0.418. The number of carbonyl (C=O) groups is 1. The quantitative estimate of drug-likeness (QED) is 0.324. The van der Waals surface area contributed by atoms with Gasteiger partial charge >= 0.3 is 12.2 Å². The third-order valence-electron chi connectivity index (χ3n) is 6.53. The lowest BCUT2D eigenvalue weighted by molar-refractivity contribution is -0.137. The van der Waals surface area contributed by atoms with Crippen LogP contribution in [-0.4, -0.2) is 58.4 Å². The van der Waals surface area contributed by atoms with Crippen molar-refractivity contribution in [2.45, 2.75) is 44.1 Å². The summed E-state index contributed by atoms with van der Waals surface area (Å²) in [6.45, 7) is 0.105. The number of nitrogens with one attached hydrogen (secondary N) is 3. The first-order valence-electron chi connectivity index (χ1n) is 11.8. The molecule has 0 bridgehead atoms. The van der Waals surface area contributed by atoms with Crippen LogP contribution in [0, 0.1) is 10.8 Å². The van der Waals surface area contributed by atoms with Crippen molar-refractivity contribution in [1.29, 1.82) is 10.8 Å². The average molecular weight is 538 g/mol. The van der Waals surface area contributed by atoms with Crippen molar-refractivity contribution in [3.05, 3.63) is 64.2 Å². The van der Waals surface area contributed by atoms with Crippen LogP contribution in [0.1, 0.15) is 42.0 Å². The van der Waals surface area contributed by atoms with E-state index in [1.54, 1.807) is 24.3 Å². The molecule has 1 unspecified atom stereocenters. The molecule has 0 aromatic heterocycles. The highest BCUT2D eigenvalue weighted by molar-refractivity contribution is 6.30. The molecule has 4 rings (SSSR count). The van der Waals surface area contributed by atoms with Gasteiger partial charge in [-0.2, -0.15) is 13.2 Å². The third kappa shape index (κ3) is 5.99. The number of alkyl halides is 3. The van der Waals surface area contributed by atoms with Crippen LogP contribution < -0.4 is 10.1 Å². The van der Waals surface area contributed by atoms with E-state index in [0.29, 0.717) is 36.4 Å². The number of urea groups is 1. The molecular formula is C25H27ClF3N5O3. The predicted molar refractivity (Wildman–Crippen MR) is 132 cm³/mol. The molecule has 12 heteroatoms. The van der Waals surface area contributed by atoms with Gasteiger partial charge in [0.15, 0.2) is 0 Å². The number of rotatable bonds is 5. The fourth-order valence-corrected chi connectivity index (χ4v) is 4.73. The monoisotopic (exact) mass is 537 g/mol. The van der Waals surface area contributed by atoms with Gasteiger partial charge in [-0.15, -0.1) is 0 Å². The number of ether oxygens (including phenoxy) is 1. The maximum absolute atomic E-state index is 13.3. The maximum atomic E-state index is 13.3. The Hall–Kier alpha value is -3.31. The molecule has 2 aromatic carbocycles. The van der Waals surface area contributed by atoms with Crippen LogP contribution in [-0.2, 0) is 12.7 Å². The zero-order valence-electron chi connectivity index (χ0n) is 19.8. The molecular weight excluding hydrogens is 511 g/mol. The van der Waals surface area contributed by atoms with E-state index in [1.165, 1.54) is 15.9 Å². The van der Waals surface area contributed by atoms with Gasteiger partial charge in [0.05, 0.1) is 30.8 Å². The number of amides is 2. The average Bonchev–Trinajstić information content (AvgIpc) is 3.37. The number of nitrogens with zero attached hydrogens (tertiary/aromatic N) is 2. The van der Waals surface area contributed by atoms with Gasteiger partial charge in [-0.1, -0.05) is 29.8 Å². The summed E-state index contributed by atoms with van der Waals surface area (Å²) in [5.74, 6) is -0.0856. The molecule has 198 valence electrons. The highest BCUT2D eigenvalue weighted by Crippen LogP contribution is 2.38. The van der Waals surface area contributed by atoms with E-state index in [-0.39, 0.29) is 30.6 Å². The first kappa shape index (κ1) is 26.7. The first-order valence-corrected chi connectivity index (χ1v) is 12.2. The summed E-state index contributed by atoms with van der Waals surface area (Å²) in [5, 5.41) is 30.1. The number of hydrogen-bond acceptors (Lipinski definition) is 5. The SMILES string of the molecule is N=C(CO)N(Cc1ccc(Cl)cc1)C(=N)[C@H]1CCCN1C(=O)NC1CCOc2cc(C(F)(F)F)ccc21. The molecule has 2 aliphatic heterocycles. The van der Waals surface area contributed by atoms with Crippen LogP contribution in [0.2, 0.25) is 5.02 Å². The molecule has 0 radical (unpaired) electrons. The second-order valence-corrected chi connectivity index (χ2v) is 9.38. The van der Waals surface area contributed by atoms with E-state index in [4.69, 9.17) is 27.2 Å². The lowest BCUT2D eigenvalue weighted by atomic mass is 9.98. The fraction of sp³-hybridized carbons (Fsp3) is 0.400. The van der Waals surface area contributed by atoms with Crippen molar-refractivity contribution in [1.82, 2.24) is 15.1 Å². The minimum Gasteiger partial charge on any atom is -0.493 e. The van der Waals surface area contributed by atoms with Gasteiger partial charge in [-0.25, -0.2) is 4.79 Å². The summed E-state index contributed by atoms with van der Waals surface area (Å²) in [4.78, 5) is 16.1. The molecule has 0 spiro atoms. The molecule has 0 saturated carbocycles. The summed E-state index contributed by atoms with van der Waals surface area (Å²) in [7, 11) is 0. The highest BCUT2D eigenvalue weighted by atomic mass is 35.5. The van der Waals surface area contributed by atoms with Crippen molar-refractivity contribution < 1.29 is 27.8 Å². The summed E-state index contributed by atoms with van der Waals surface area (Å²) < 4.78 is 44.7. The largest absolute Gasteiger partial charge is 0.493 e. The van der Waals surface area contributed by atoms with Crippen molar-refractivity contribution in [3.63, 3.8) is 0 Å². The Bertz CT molecular complexity index is 1180. The molecule has 2 aromatic rings. The van der Waals surface area contributed by atoms with Gasteiger partial charge in [-0.05, 0) is 42.7 Å². The van der Waals surface area contributed by atoms with Gasteiger partial charge in [0, 0.05) is 23.6 Å². The van der Waals surface area contributed by atoms with E-state index < -0.39 is 36.5 Å². The Balaban J connectivity index is 1.49. The molecule has 2 atom stereocenters. The number of halogens is 4.